The van der Waals surface area contributed by atoms with Gasteiger partial charge in [-0.2, -0.15) is 4.37 Å². The first-order valence-electron chi connectivity index (χ1n) is 6.04. The van der Waals surface area contributed by atoms with Crippen molar-refractivity contribution in [1.82, 2.24) is 9.36 Å². The summed E-state index contributed by atoms with van der Waals surface area (Å²) in [7, 11) is 0. The van der Waals surface area contributed by atoms with Crippen molar-refractivity contribution >= 4 is 16.7 Å². The molecule has 0 bridgehead atoms. The lowest BCUT2D eigenvalue weighted by atomic mass is 9.83. The van der Waals surface area contributed by atoms with Crippen LogP contribution in [-0.2, 0) is 5.41 Å². The van der Waals surface area contributed by atoms with Gasteiger partial charge in [0.05, 0.1) is 13.1 Å². The van der Waals surface area contributed by atoms with Crippen molar-refractivity contribution in [3.8, 4) is 0 Å². The first-order chi connectivity index (χ1) is 7.72. The maximum atomic E-state index is 10.2. The van der Waals surface area contributed by atoms with E-state index in [0.717, 1.165) is 11.0 Å². The smallest absolute Gasteiger partial charge is 0.205 e. The number of anilines is 1. The predicted octanol–water partition coefficient (Wildman–Crippen LogP) is 2.04. The molecule has 1 aromatic heterocycles. The summed E-state index contributed by atoms with van der Waals surface area (Å²) in [5.41, 5.74) is -0.554. The van der Waals surface area contributed by atoms with Crippen LogP contribution in [0.2, 0.25) is 0 Å². The zero-order valence-corrected chi connectivity index (χ0v) is 12.0. The fourth-order valence-corrected chi connectivity index (χ4v) is 2.62. The zero-order valence-electron chi connectivity index (χ0n) is 11.2. The molecule has 1 saturated heterocycles. The monoisotopic (exact) mass is 255 g/mol. The number of β-amino-alcohol motifs (C(OH)–C–C–N with tert-alkyl or cyclic N) is 1. The normalized spacial score (nSPS) is 19.6. The minimum Gasteiger partial charge on any atom is -0.386 e. The van der Waals surface area contributed by atoms with Crippen molar-refractivity contribution in [3.05, 3.63) is 5.82 Å². The molecule has 2 rings (SSSR count). The maximum Gasteiger partial charge on any atom is 0.205 e. The number of rotatable bonds is 2. The van der Waals surface area contributed by atoms with Gasteiger partial charge in [0, 0.05) is 16.9 Å². The highest BCUT2D eigenvalue weighted by molar-refractivity contribution is 7.09. The number of aromatic nitrogens is 2. The molecule has 17 heavy (non-hydrogen) atoms. The number of aliphatic hydroxyl groups is 1. The average Bonchev–Trinajstić information content (AvgIpc) is 2.59. The van der Waals surface area contributed by atoms with E-state index in [-0.39, 0.29) is 11.3 Å². The first-order valence-corrected chi connectivity index (χ1v) is 6.81. The van der Waals surface area contributed by atoms with E-state index in [4.69, 9.17) is 0 Å². The summed E-state index contributed by atoms with van der Waals surface area (Å²) in [5.74, 6) is 1.17. The fourth-order valence-electron chi connectivity index (χ4n) is 1.76. The first kappa shape index (κ1) is 12.8. The largest absolute Gasteiger partial charge is 0.386 e. The van der Waals surface area contributed by atoms with Crippen LogP contribution in [0.15, 0.2) is 0 Å². The molecule has 96 valence electrons. The van der Waals surface area contributed by atoms with Gasteiger partial charge in [-0.3, -0.25) is 0 Å². The highest BCUT2D eigenvalue weighted by Crippen LogP contribution is 2.34. The van der Waals surface area contributed by atoms with Gasteiger partial charge in [0.15, 0.2) is 0 Å². The molecule has 1 aliphatic heterocycles. The molecule has 1 aromatic rings. The molecule has 0 unspecified atom stereocenters. The minimum atomic E-state index is -0.548. The fraction of sp³-hybridized carbons (Fsp3) is 0.833. The van der Waals surface area contributed by atoms with E-state index < -0.39 is 5.60 Å². The molecule has 0 atom stereocenters. The molecular weight excluding hydrogens is 234 g/mol. The third-order valence-corrected chi connectivity index (χ3v) is 4.14. The van der Waals surface area contributed by atoms with Crippen molar-refractivity contribution in [2.75, 3.05) is 18.0 Å². The quantitative estimate of drug-likeness (QED) is 0.878. The Morgan fingerprint density at radius 1 is 1.35 bits per heavy atom. The second-order valence-corrected chi connectivity index (χ2v) is 7.00. The van der Waals surface area contributed by atoms with Gasteiger partial charge in [0.2, 0.25) is 5.13 Å². The zero-order chi connectivity index (χ0) is 12.8. The minimum absolute atomic E-state index is 0.00598. The van der Waals surface area contributed by atoms with E-state index in [1.54, 1.807) is 0 Å². The highest BCUT2D eigenvalue weighted by atomic mass is 32.1. The SMILES string of the molecule is CC(C)C1(O)CN(c2nc(C(C)(C)C)ns2)C1. The highest BCUT2D eigenvalue weighted by Gasteiger charge is 2.45. The Morgan fingerprint density at radius 3 is 2.35 bits per heavy atom. The van der Waals surface area contributed by atoms with Crippen LogP contribution in [0.3, 0.4) is 0 Å². The third-order valence-electron chi connectivity index (χ3n) is 3.36. The number of nitrogens with zero attached hydrogens (tertiary/aromatic N) is 3. The van der Waals surface area contributed by atoms with Gasteiger partial charge < -0.3 is 10.0 Å². The van der Waals surface area contributed by atoms with Crippen LogP contribution in [0.1, 0.15) is 40.4 Å². The van der Waals surface area contributed by atoms with Crippen molar-refractivity contribution in [2.45, 2.75) is 45.6 Å². The molecule has 1 N–H and O–H groups in total. The van der Waals surface area contributed by atoms with E-state index in [0.29, 0.717) is 13.1 Å². The molecule has 0 radical (unpaired) electrons. The Hall–Kier alpha value is -0.680. The van der Waals surface area contributed by atoms with Crippen LogP contribution in [-0.4, -0.2) is 33.2 Å². The summed E-state index contributed by atoms with van der Waals surface area (Å²) in [4.78, 5) is 6.65. The summed E-state index contributed by atoms with van der Waals surface area (Å²) in [6.45, 7) is 11.8. The number of hydrogen-bond donors (Lipinski definition) is 1. The second kappa shape index (κ2) is 3.92. The Balaban J connectivity index is 2.05. The summed E-state index contributed by atoms with van der Waals surface area (Å²) < 4.78 is 4.39. The van der Waals surface area contributed by atoms with Gasteiger partial charge in [-0.15, -0.1) is 0 Å². The standard InChI is InChI=1S/C12H21N3OS/c1-8(2)12(16)6-15(7-12)10-13-9(14-17-10)11(3,4)5/h8,16H,6-7H2,1-5H3. The lowest BCUT2D eigenvalue weighted by molar-refractivity contribution is -0.0300. The molecule has 1 fully saturated rings. The van der Waals surface area contributed by atoms with Crippen molar-refractivity contribution < 1.29 is 5.11 Å². The molecule has 5 heteroatoms. The van der Waals surface area contributed by atoms with Crippen LogP contribution in [0, 0.1) is 5.92 Å². The summed E-state index contributed by atoms with van der Waals surface area (Å²) in [5, 5.41) is 11.1. The van der Waals surface area contributed by atoms with Crippen LogP contribution >= 0.6 is 11.5 Å². The Bertz CT molecular complexity index is 402. The summed E-state index contributed by atoms with van der Waals surface area (Å²) in [6.07, 6.45) is 0. The average molecular weight is 255 g/mol. The lowest BCUT2D eigenvalue weighted by Gasteiger charge is -2.48. The van der Waals surface area contributed by atoms with Gasteiger partial charge >= 0.3 is 0 Å². The second-order valence-electron chi connectivity index (χ2n) is 6.26. The lowest BCUT2D eigenvalue weighted by Crippen LogP contribution is -2.64. The predicted molar refractivity (Wildman–Crippen MR) is 70.6 cm³/mol. The van der Waals surface area contributed by atoms with Gasteiger partial charge in [0.25, 0.3) is 0 Å². The Morgan fingerprint density at radius 2 is 1.94 bits per heavy atom. The molecule has 0 aliphatic carbocycles. The molecule has 0 amide bonds. The van der Waals surface area contributed by atoms with E-state index in [1.807, 2.05) is 0 Å². The van der Waals surface area contributed by atoms with Gasteiger partial charge in [-0.1, -0.05) is 34.6 Å². The maximum absolute atomic E-state index is 10.2. The van der Waals surface area contributed by atoms with Crippen LogP contribution < -0.4 is 4.90 Å². The van der Waals surface area contributed by atoms with Crippen LogP contribution in [0.25, 0.3) is 0 Å². The van der Waals surface area contributed by atoms with E-state index in [1.165, 1.54) is 11.5 Å². The summed E-state index contributed by atoms with van der Waals surface area (Å²) in [6, 6.07) is 0. The van der Waals surface area contributed by atoms with Crippen LogP contribution in [0.5, 0.6) is 0 Å². The molecule has 0 spiro atoms. The van der Waals surface area contributed by atoms with E-state index >= 15 is 0 Å². The van der Waals surface area contributed by atoms with Gasteiger partial charge in [-0.05, 0) is 5.92 Å². The molecule has 2 heterocycles. The molecular formula is C12H21N3OS. The molecule has 1 aliphatic rings. The van der Waals surface area contributed by atoms with Crippen molar-refractivity contribution in [2.24, 2.45) is 5.92 Å². The Kier molecular flexibility index (Phi) is 2.94. The van der Waals surface area contributed by atoms with Crippen LogP contribution in [0.4, 0.5) is 5.13 Å². The van der Waals surface area contributed by atoms with Crippen molar-refractivity contribution in [3.63, 3.8) is 0 Å². The Labute approximate surface area is 107 Å². The van der Waals surface area contributed by atoms with E-state index in [2.05, 4.69) is 48.9 Å². The van der Waals surface area contributed by atoms with E-state index in [9.17, 15) is 5.11 Å². The van der Waals surface area contributed by atoms with Crippen molar-refractivity contribution in [1.29, 1.82) is 0 Å². The topological polar surface area (TPSA) is 49.2 Å². The van der Waals surface area contributed by atoms with Gasteiger partial charge in [-0.25, -0.2) is 4.98 Å². The number of hydrogen-bond acceptors (Lipinski definition) is 5. The molecule has 0 saturated carbocycles. The third kappa shape index (κ3) is 2.31. The summed E-state index contributed by atoms with van der Waals surface area (Å²) >= 11 is 1.43. The van der Waals surface area contributed by atoms with Gasteiger partial charge in [0.1, 0.15) is 11.4 Å². The molecule has 0 aromatic carbocycles. The molecule has 4 nitrogen and oxygen atoms in total.